The third-order valence-corrected chi connectivity index (χ3v) is 2.36. The highest BCUT2D eigenvalue weighted by Crippen LogP contribution is 2.30. The topological polar surface area (TPSA) is 34.1 Å². The Bertz CT molecular complexity index is 474. The molecule has 0 aliphatic rings. The van der Waals surface area contributed by atoms with E-state index in [1.54, 1.807) is 25.6 Å². The molecule has 16 heavy (non-hydrogen) atoms. The highest BCUT2D eigenvalue weighted by atomic mass is 35.5. The maximum atomic E-state index is 5.93. The molecule has 0 aliphatic carbocycles. The average Bonchev–Trinajstić information content (AvgIpc) is 2.31. The number of rotatable bonds is 3. The highest BCUT2D eigenvalue weighted by molar-refractivity contribution is 6.31. The number of nitrogens with zero attached hydrogens (tertiary/aromatic N) is 1. The van der Waals surface area contributed by atoms with Crippen LogP contribution in [0.2, 0.25) is 5.02 Å². The Labute approximate surface area is 99.0 Å². The lowest BCUT2D eigenvalue weighted by Gasteiger charge is -2.11. The second-order valence-corrected chi connectivity index (χ2v) is 3.64. The van der Waals surface area contributed by atoms with Gasteiger partial charge in [0.15, 0.2) is 0 Å². The first-order valence-electron chi connectivity index (χ1n) is 4.80. The number of halogens is 1. The lowest BCUT2D eigenvalue weighted by Crippen LogP contribution is -1.94. The van der Waals surface area contributed by atoms with Crippen LogP contribution in [0.3, 0.4) is 0 Å². The Morgan fingerprint density at radius 2 is 1.94 bits per heavy atom. The molecule has 82 valence electrons. The minimum Gasteiger partial charge on any atom is -0.495 e. The van der Waals surface area contributed by atoms with Crippen molar-refractivity contribution in [3.05, 3.63) is 47.7 Å². The molecule has 2 rings (SSSR count). The van der Waals surface area contributed by atoms with Crippen LogP contribution in [0, 0.1) is 0 Å². The fraction of sp³-hybridized carbons (Fsp3) is 0.0833. The summed E-state index contributed by atoms with van der Waals surface area (Å²) in [6.45, 7) is 0. The molecule has 0 atom stereocenters. The molecule has 1 heterocycles. The lowest BCUT2D eigenvalue weighted by atomic mass is 10.2. The van der Waals surface area contributed by atoms with Crippen molar-refractivity contribution in [1.29, 1.82) is 0 Å². The van der Waals surface area contributed by atoms with Crippen molar-refractivity contribution in [3.63, 3.8) is 0 Å². The van der Waals surface area contributed by atoms with Crippen LogP contribution in [0.1, 0.15) is 0 Å². The summed E-state index contributed by atoms with van der Waals surface area (Å²) in [5, 5.41) is 3.88. The van der Waals surface area contributed by atoms with Gasteiger partial charge in [0, 0.05) is 23.1 Å². The van der Waals surface area contributed by atoms with Crippen molar-refractivity contribution >= 4 is 23.0 Å². The molecular formula is C12H11ClN2O. The molecule has 0 fully saturated rings. The van der Waals surface area contributed by atoms with Crippen LogP contribution >= 0.6 is 11.6 Å². The smallest absolute Gasteiger partial charge is 0.142 e. The number of aromatic nitrogens is 1. The zero-order valence-corrected chi connectivity index (χ0v) is 9.53. The summed E-state index contributed by atoms with van der Waals surface area (Å²) in [7, 11) is 1.63. The number of hydrogen-bond donors (Lipinski definition) is 1. The number of benzene rings is 1. The zero-order valence-electron chi connectivity index (χ0n) is 8.77. The summed E-state index contributed by atoms with van der Waals surface area (Å²) >= 11 is 5.93. The highest BCUT2D eigenvalue weighted by Gasteiger charge is 2.03. The predicted molar refractivity (Wildman–Crippen MR) is 65.5 cm³/mol. The van der Waals surface area contributed by atoms with Gasteiger partial charge >= 0.3 is 0 Å². The van der Waals surface area contributed by atoms with Gasteiger partial charge in [-0.1, -0.05) is 11.6 Å². The van der Waals surface area contributed by atoms with Gasteiger partial charge in [-0.15, -0.1) is 0 Å². The Hall–Kier alpha value is -1.74. The Kier molecular flexibility index (Phi) is 3.27. The molecule has 0 unspecified atom stereocenters. The first-order chi connectivity index (χ1) is 7.79. The molecule has 3 nitrogen and oxygen atoms in total. The SMILES string of the molecule is COc1ccc(Cl)cc1Nc1ccncc1. The van der Waals surface area contributed by atoms with Crippen molar-refractivity contribution in [3.8, 4) is 5.75 Å². The van der Waals surface area contributed by atoms with Gasteiger partial charge in [-0.2, -0.15) is 0 Å². The van der Waals surface area contributed by atoms with Crippen molar-refractivity contribution in [1.82, 2.24) is 4.98 Å². The van der Waals surface area contributed by atoms with Gasteiger partial charge in [-0.05, 0) is 30.3 Å². The van der Waals surface area contributed by atoms with E-state index in [0.717, 1.165) is 17.1 Å². The van der Waals surface area contributed by atoms with E-state index in [-0.39, 0.29) is 0 Å². The number of ether oxygens (including phenoxy) is 1. The van der Waals surface area contributed by atoms with Crippen LogP contribution < -0.4 is 10.1 Å². The van der Waals surface area contributed by atoms with Crippen LogP contribution in [0.4, 0.5) is 11.4 Å². The number of nitrogens with one attached hydrogen (secondary N) is 1. The molecular weight excluding hydrogens is 224 g/mol. The number of pyridine rings is 1. The second-order valence-electron chi connectivity index (χ2n) is 3.21. The fourth-order valence-electron chi connectivity index (χ4n) is 1.37. The quantitative estimate of drug-likeness (QED) is 0.883. The summed E-state index contributed by atoms with van der Waals surface area (Å²) in [4.78, 5) is 3.95. The largest absolute Gasteiger partial charge is 0.495 e. The van der Waals surface area contributed by atoms with E-state index in [9.17, 15) is 0 Å². The van der Waals surface area contributed by atoms with Crippen LogP contribution in [0.5, 0.6) is 5.75 Å². The van der Waals surface area contributed by atoms with Gasteiger partial charge in [0.05, 0.1) is 12.8 Å². The molecule has 2 aromatic rings. The molecule has 0 saturated carbocycles. The molecule has 0 bridgehead atoms. The molecule has 0 spiro atoms. The number of methoxy groups -OCH3 is 1. The van der Waals surface area contributed by atoms with Gasteiger partial charge < -0.3 is 10.1 Å². The molecule has 1 aromatic carbocycles. The van der Waals surface area contributed by atoms with E-state index in [2.05, 4.69) is 10.3 Å². The Balaban J connectivity index is 2.30. The van der Waals surface area contributed by atoms with E-state index in [4.69, 9.17) is 16.3 Å². The van der Waals surface area contributed by atoms with Crippen molar-refractivity contribution < 1.29 is 4.74 Å². The number of hydrogen-bond acceptors (Lipinski definition) is 3. The normalized spacial score (nSPS) is 9.88. The molecule has 0 aliphatic heterocycles. The first-order valence-corrected chi connectivity index (χ1v) is 5.18. The summed E-state index contributed by atoms with van der Waals surface area (Å²) in [5.74, 6) is 0.751. The maximum Gasteiger partial charge on any atom is 0.142 e. The van der Waals surface area contributed by atoms with Crippen molar-refractivity contribution in [2.45, 2.75) is 0 Å². The van der Waals surface area contributed by atoms with E-state index in [0.29, 0.717) is 5.02 Å². The summed E-state index contributed by atoms with van der Waals surface area (Å²) in [6, 6.07) is 9.19. The van der Waals surface area contributed by atoms with Crippen LogP contribution in [0.25, 0.3) is 0 Å². The third-order valence-electron chi connectivity index (χ3n) is 2.12. The van der Waals surface area contributed by atoms with Crippen molar-refractivity contribution in [2.75, 3.05) is 12.4 Å². The third kappa shape index (κ3) is 2.44. The van der Waals surface area contributed by atoms with E-state index in [1.165, 1.54) is 0 Å². The minimum atomic E-state index is 0.664. The van der Waals surface area contributed by atoms with E-state index in [1.807, 2.05) is 24.3 Å². The minimum absolute atomic E-state index is 0.664. The van der Waals surface area contributed by atoms with Gasteiger partial charge in [0.2, 0.25) is 0 Å². The van der Waals surface area contributed by atoms with Crippen LogP contribution in [-0.2, 0) is 0 Å². The van der Waals surface area contributed by atoms with Crippen LogP contribution in [-0.4, -0.2) is 12.1 Å². The monoisotopic (exact) mass is 234 g/mol. The molecule has 4 heteroatoms. The molecule has 0 saturated heterocycles. The molecule has 1 N–H and O–H groups in total. The lowest BCUT2D eigenvalue weighted by molar-refractivity contribution is 0.417. The van der Waals surface area contributed by atoms with Crippen LogP contribution in [0.15, 0.2) is 42.7 Å². The number of anilines is 2. The molecule has 0 radical (unpaired) electrons. The average molecular weight is 235 g/mol. The summed E-state index contributed by atoms with van der Waals surface area (Å²) in [6.07, 6.45) is 3.44. The second kappa shape index (κ2) is 4.86. The maximum absolute atomic E-state index is 5.93. The Morgan fingerprint density at radius 1 is 1.19 bits per heavy atom. The van der Waals surface area contributed by atoms with Crippen molar-refractivity contribution in [2.24, 2.45) is 0 Å². The fourth-order valence-corrected chi connectivity index (χ4v) is 1.54. The molecule has 0 amide bonds. The zero-order chi connectivity index (χ0) is 11.4. The van der Waals surface area contributed by atoms with Gasteiger partial charge in [-0.25, -0.2) is 0 Å². The standard InChI is InChI=1S/C12H11ClN2O/c1-16-12-3-2-9(13)8-11(12)15-10-4-6-14-7-5-10/h2-8H,1H3,(H,14,15). The van der Waals surface area contributed by atoms with Gasteiger partial charge in [-0.3, -0.25) is 4.98 Å². The van der Waals surface area contributed by atoms with E-state index < -0.39 is 0 Å². The predicted octanol–water partition coefficient (Wildman–Crippen LogP) is 3.49. The summed E-state index contributed by atoms with van der Waals surface area (Å²) in [5.41, 5.74) is 1.77. The van der Waals surface area contributed by atoms with Gasteiger partial charge in [0.1, 0.15) is 5.75 Å². The van der Waals surface area contributed by atoms with Gasteiger partial charge in [0.25, 0.3) is 0 Å². The first kappa shape index (κ1) is 10.8. The molecule has 1 aromatic heterocycles. The van der Waals surface area contributed by atoms with E-state index >= 15 is 0 Å². The summed E-state index contributed by atoms with van der Waals surface area (Å²) < 4.78 is 5.24. The Morgan fingerprint density at radius 3 is 2.62 bits per heavy atom.